The zero-order valence-corrected chi connectivity index (χ0v) is 30.1. The molecule has 1 aromatic carbocycles. The van der Waals surface area contributed by atoms with Crippen molar-refractivity contribution < 1.29 is 51.4 Å². The molecule has 0 bridgehead atoms. The number of benzene rings is 1. The van der Waals surface area contributed by atoms with Gasteiger partial charge in [-0.05, 0) is 92.0 Å². The molecule has 0 saturated heterocycles. The first-order valence-corrected chi connectivity index (χ1v) is 17.3. The Morgan fingerprint density at radius 3 is 2.33 bits per heavy atom. The van der Waals surface area contributed by atoms with Crippen LogP contribution in [-0.4, -0.2) is 73.7 Å². The number of aromatic nitrogens is 1. The number of pyridine rings is 1. The van der Waals surface area contributed by atoms with E-state index in [1.54, 1.807) is 48.5 Å². The Hall–Kier alpha value is -2.98. The highest BCUT2D eigenvalue weighted by molar-refractivity contribution is 7.84. The average Bonchev–Trinajstić information content (AvgIpc) is 3.74. The van der Waals surface area contributed by atoms with E-state index in [1.807, 2.05) is 0 Å². The maximum absolute atomic E-state index is 14.8. The van der Waals surface area contributed by atoms with E-state index in [0.29, 0.717) is 0 Å². The van der Waals surface area contributed by atoms with Crippen molar-refractivity contribution in [3.8, 4) is 11.5 Å². The number of carbonyl (C=O) groups is 2. The number of nitrogens with zero attached hydrogens (tertiary/aromatic N) is 2. The fourth-order valence-electron chi connectivity index (χ4n) is 5.06. The molecule has 16 heteroatoms. The molecule has 1 aromatic heterocycles. The number of halogens is 4. The van der Waals surface area contributed by atoms with E-state index in [9.17, 15) is 32.1 Å². The summed E-state index contributed by atoms with van der Waals surface area (Å²) in [5.41, 5.74) is -6.91. The van der Waals surface area contributed by atoms with Crippen LogP contribution in [0, 0.1) is 0 Å². The second kappa shape index (κ2) is 14.0. The fraction of sp³-hybridized carbons (Fsp3) is 0.606. The van der Waals surface area contributed by atoms with Crippen LogP contribution < -0.4 is 19.1 Å². The number of aliphatic hydroxyl groups is 2. The predicted octanol–water partition coefficient (Wildman–Crippen LogP) is 6.08. The van der Waals surface area contributed by atoms with Crippen molar-refractivity contribution in [3.63, 3.8) is 0 Å². The Balaban J connectivity index is 1.72. The highest BCUT2D eigenvalue weighted by Crippen LogP contribution is 2.49. The number of hydrogen-bond acceptors (Lipinski definition) is 9. The van der Waals surface area contributed by atoms with E-state index < -0.39 is 74.2 Å². The van der Waals surface area contributed by atoms with E-state index in [-0.39, 0.29) is 54.2 Å². The van der Waals surface area contributed by atoms with Gasteiger partial charge in [0.2, 0.25) is 5.60 Å². The Bertz CT molecular complexity index is 1610. The summed E-state index contributed by atoms with van der Waals surface area (Å²) in [4.78, 5) is 31.6. The minimum absolute atomic E-state index is 0.0281. The molecular formula is C33H43ClF3N3O8S. The molecule has 272 valence electrons. The molecule has 1 aliphatic carbocycles. The number of amides is 1. The van der Waals surface area contributed by atoms with Crippen LogP contribution in [0.15, 0.2) is 24.3 Å². The first-order valence-electron chi connectivity index (χ1n) is 15.8. The smallest absolute Gasteiger partial charge is 0.422 e. The summed E-state index contributed by atoms with van der Waals surface area (Å²) in [7, 11) is -1.76. The molecule has 2 aromatic rings. The summed E-state index contributed by atoms with van der Waals surface area (Å²) in [5, 5.41) is 19.9. The zero-order valence-electron chi connectivity index (χ0n) is 28.5. The number of hydrogen-bond donors (Lipinski definition) is 3. The highest BCUT2D eigenvalue weighted by Gasteiger charge is 2.57. The number of aliphatic hydroxyl groups excluding tert-OH is 1. The molecule has 0 radical (unpaired) electrons. The number of rotatable bonds is 12. The van der Waals surface area contributed by atoms with Crippen LogP contribution in [0.5, 0.6) is 11.5 Å². The first kappa shape index (κ1) is 38.8. The molecule has 11 nitrogen and oxygen atoms in total. The first-order chi connectivity index (χ1) is 22.5. The summed E-state index contributed by atoms with van der Waals surface area (Å²) in [5.74, 6) is -0.229. The summed E-state index contributed by atoms with van der Waals surface area (Å²) in [6.45, 7) is 11.0. The molecule has 3 atom stereocenters. The maximum atomic E-state index is 14.8. The van der Waals surface area contributed by atoms with Gasteiger partial charge in [-0.25, -0.2) is 18.7 Å². The Kier molecular flexibility index (Phi) is 11.1. The van der Waals surface area contributed by atoms with Gasteiger partial charge in [-0.3, -0.25) is 9.69 Å². The lowest BCUT2D eigenvalue weighted by Gasteiger charge is -2.32. The molecule has 4 rings (SSSR count). The largest absolute Gasteiger partial charge is 0.487 e. The topological polar surface area (TPSA) is 148 Å². The Labute approximate surface area is 291 Å². The Morgan fingerprint density at radius 1 is 1.12 bits per heavy atom. The van der Waals surface area contributed by atoms with E-state index in [0.717, 1.165) is 23.8 Å². The van der Waals surface area contributed by atoms with Crippen molar-refractivity contribution >= 4 is 40.2 Å². The third-order valence-electron chi connectivity index (χ3n) is 7.82. The number of alkyl halides is 3. The third kappa shape index (κ3) is 8.85. The van der Waals surface area contributed by atoms with Crippen LogP contribution in [0.1, 0.15) is 95.8 Å². The van der Waals surface area contributed by atoms with Crippen molar-refractivity contribution in [2.45, 2.75) is 108 Å². The van der Waals surface area contributed by atoms with Crippen molar-refractivity contribution in [1.29, 1.82) is 0 Å². The number of ether oxygens (including phenoxy) is 3. The quantitative estimate of drug-likeness (QED) is 0.174. The van der Waals surface area contributed by atoms with Gasteiger partial charge in [-0.15, -0.1) is 0 Å². The van der Waals surface area contributed by atoms with E-state index in [4.69, 9.17) is 30.9 Å². The van der Waals surface area contributed by atoms with E-state index >= 15 is 0 Å². The summed E-state index contributed by atoms with van der Waals surface area (Å²) < 4.78 is 76.6. The number of carbonyl (C=O) groups excluding carboxylic acids is 2. The molecule has 2 aliphatic rings. The van der Waals surface area contributed by atoms with Crippen LogP contribution in [-0.2, 0) is 26.9 Å². The molecule has 1 aliphatic heterocycles. The maximum Gasteiger partial charge on any atom is 0.422 e. The predicted molar refractivity (Wildman–Crippen MR) is 177 cm³/mol. The summed E-state index contributed by atoms with van der Waals surface area (Å²) in [6.07, 6.45) is -6.54. The van der Waals surface area contributed by atoms with Gasteiger partial charge in [-0.1, -0.05) is 11.6 Å². The van der Waals surface area contributed by atoms with Crippen LogP contribution in [0.4, 0.5) is 23.7 Å². The highest BCUT2D eigenvalue weighted by atomic mass is 35.5. The second-order valence-electron chi connectivity index (χ2n) is 14.4. The number of nitrogens with one attached hydrogen (secondary N) is 1. The van der Waals surface area contributed by atoms with Gasteiger partial charge in [0.15, 0.2) is 22.4 Å². The lowest BCUT2D eigenvalue weighted by Crippen LogP contribution is -2.50. The summed E-state index contributed by atoms with van der Waals surface area (Å²) >= 11 is 6.52. The molecule has 1 unspecified atom stereocenters. The van der Waals surface area contributed by atoms with Gasteiger partial charge in [0.05, 0.1) is 51.9 Å². The van der Waals surface area contributed by atoms with Crippen molar-refractivity contribution in [2.24, 2.45) is 0 Å². The SMILES string of the molecule is CC(C)(C)OC(=O)N1C[C@@](C)(NS(=O)C(C)(C)C)c2cc([C@](O)(CCC(=O)c3ccc(OCCO)c(OC4CC4)c3)C(F)(F)F)nc(Cl)c21. The van der Waals surface area contributed by atoms with Gasteiger partial charge in [-0.2, -0.15) is 13.2 Å². The van der Waals surface area contributed by atoms with Gasteiger partial charge in [0.25, 0.3) is 0 Å². The van der Waals surface area contributed by atoms with Crippen molar-refractivity contribution in [1.82, 2.24) is 9.71 Å². The summed E-state index contributed by atoms with van der Waals surface area (Å²) in [6, 6.07) is 5.14. The number of ketones is 1. The number of fused-ring (bicyclic) bond motifs is 1. The standard InChI is InChI=1S/C33H43ClF3N3O8S/c1-29(2,3)48-28(43)40-18-31(7,39-49(45)30(4,5)6)21-17-25(38-27(34)26(21)40)32(44,33(35,36)37)13-12-22(42)19-8-11-23(46-15-14-41)24(16-19)47-20-9-10-20/h8,11,16-17,20,39,41,44H,9-10,12-15,18H2,1-7H3/t31-,32-,49?/m1/s1. The third-order valence-corrected chi connectivity index (χ3v) is 9.83. The fourth-order valence-corrected chi connectivity index (χ4v) is 6.25. The van der Waals surface area contributed by atoms with E-state index in [1.165, 1.54) is 18.2 Å². The molecule has 0 spiro atoms. The lowest BCUT2D eigenvalue weighted by molar-refractivity contribution is -0.270. The zero-order chi connectivity index (χ0) is 36.7. The monoisotopic (exact) mass is 733 g/mol. The van der Waals surface area contributed by atoms with Crippen LogP contribution >= 0.6 is 11.6 Å². The molecule has 1 amide bonds. The second-order valence-corrected chi connectivity index (χ2v) is 16.7. The molecular weight excluding hydrogens is 691 g/mol. The van der Waals surface area contributed by atoms with Gasteiger partial charge >= 0.3 is 12.3 Å². The van der Waals surface area contributed by atoms with Crippen molar-refractivity contribution in [2.75, 3.05) is 24.7 Å². The number of anilines is 1. The number of Topliss-reactive ketones (excluding diaryl/α,β-unsaturated/α-hetero) is 1. The van der Waals surface area contributed by atoms with Gasteiger partial charge in [0, 0.05) is 17.5 Å². The average molecular weight is 734 g/mol. The van der Waals surface area contributed by atoms with Crippen LogP contribution in [0.25, 0.3) is 0 Å². The Morgan fingerprint density at radius 2 is 1.78 bits per heavy atom. The van der Waals surface area contributed by atoms with Crippen LogP contribution in [0.3, 0.4) is 0 Å². The van der Waals surface area contributed by atoms with Gasteiger partial charge in [0.1, 0.15) is 12.2 Å². The minimum Gasteiger partial charge on any atom is -0.487 e. The molecule has 1 saturated carbocycles. The molecule has 49 heavy (non-hydrogen) atoms. The molecule has 1 fully saturated rings. The lowest BCUT2D eigenvalue weighted by atomic mass is 9.87. The normalized spacial score (nSPS) is 20.0. The van der Waals surface area contributed by atoms with Gasteiger partial charge < -0.3 is 24.4 Å². The molecule has 3 N–H and O–H groups in total. The van der Waals surface area contributed by atoms with Crippen molar-refractivity contribution in [3.05, 3.63) is 46.2 Å². The van der Waals surface area contributed by atoms with E-state index in [2.05, 4.69) is 9.71 Å². The minimum atomic E-state index is -5.32. The van der Waals surface area contributed by atoms with Crippen LogP contribution in [0.2, 0.25) is 5.15 Å². The molecule has 2 heterocycles.